The predicted octanol–water partition coefficient (Wildman–Crippen LogP) is 1.82. The first kappa shape index (κ1) is 14.7. The molecule has 2 heterocycles. The van der Waals surface area contributed by atoms with E-state index in [1.165, 1.54) is 18.7 Å². The molecule has 0 amide bonds. The minimum atomic E-state index is 0.707. The van der Waals surface area contributed by atoms with Gasteiger partial charge in [0.1, 0.15) is 5.75 Å². The molecule has 0 bridgehead atoms. The van der Waals surface area contributed by atoms with Gasteiger partial charge in [0.15, 0.2) is 0 Å². The van der Waals surface area contributed by atoms with Crippen molar-refractivity contribution in [1.29, 1.82) is 0 Å². The molecule has 4 heteroatoms. The average Bonchev–Trinajstić information content (AvgIpc) is 2.55. The molecule has 0 radical (unpaired) electrons. The Kier molecular flexibility index (Phi) is 4.66. The molecule has 3 rings (SSSR count). The van der Waals surface area contributed by atoms with E-state index in [1.54, 1.807) is 7.11 Å². The fourth-order valence-electron chi connectivity index (χ4n) is 3.65. The summed E-state index contributed by atoms with van der Waals surface area (Å²) in [5.74, 6) is 1.79. The van der Waals surface area contributed by atoms with Crippen LogP contribution >= 0.6 is 0 Å². The summed E-state index contributed by atoms with van der Waals surface area (Å²) in [5.41, 5.74) is 1.23. The van der Waals surface area contributed by atoms with Gasteiger partial charge in [-0.2, -0.15) is 0 Å². The summed E-state index contributed by atoms with van der Waals surface area (Å²) in [6.07, 6.45) is 1.30. The van der Waals surface area contributed by atoms with E-state index in [4.69, 9.17) is 4.74 Å². The fraction of sp³-hybridized carbons (Fsp3) is 0.647. The molecule has 2 saturated heterocycles. The van der Waals surface area contributed by atoms with Gasteiger partial charge >= 0.3 is 0 Å². The molecular formula is C17H27N3O. The van der Waals surface area contributed by atoms with Gasteiger partial charge in [-0.1, -0.05) is 19.1 Å². The van der Waals surface area contributed by atoms with Gasteiger partial charge in [-0.05, 0) is 31.0 Å². The van der Waals surface area contributed by atoms with Crippen LogP contribution in [-0.2, 0) is 0 Å². The second kappa shape index (κ2) is 6.67. The Bertz CT molecular complexity index is 457. The Morgan fingerprint density at radius 3 is 2.62 bits per heavy atom. The molecule has 2 fully saturated rings. The van der Waals surface area contributed by atoms with Crippen molar-refractivity contribution in [2.45, 2.75) is 19.4 Å². The summed E-state index contributed by atoms with van der Waals surface area (Å²) >= 11 is 0. The van der Waals surface area contributed by atoms with Crippen LogP contribution in [0.25, 0.3) is 0 Å². The number of hydrogen-bond donors (Lipinski definition) is 1. The molecule has 2 atom stereocenters. The SMILES string of the molecule is COc1ccccc1N1CCN(C2CNCCC2C)CC1. The van der Waals surface area contributed by atoms with Crippen molar-refractivity contribution in [3.63, 3.8) is 0 Å². The number of rotatable bonds is 3. The Labute approximate surface area is 128 Å². The number of benzene rings is 1. The number of piperazine rings is 1. The van der Waals surface area contributed by atoms with Crippen LogP contribution in [0.5, 0.6) is 5.75 Å². The van der Waals surface area contributed by atoms with Crippen molar-refractivity contribution in [3.05, 3.63) is 24.3 Å². The maximum atomic E-state index is 5.49. The second-order valence-corrected chi connectivity index (χ2v) is 6.23. The highest BCUT2D eigenvalue weighted by atomic mass is 16.5. The highest BCUT2D eigenvalue weighted by molar-refractivity contribution is 5.58. The summed E-state index contributed by atoms with van der Waals surface area (Å²) in [6.45, 7) is 9.20. The Balaban J connectivity index is 1.62. The summed E-state index contributed by atoms with van der Waals surface area (Å²) in [7, 11) is 1.75. The Morgan fingerprint density at radius 2 is 1.90 bits per heavy atom. The van der Waals surface area contributed by atoms with Crippen LogP contribution in [0.4, 0.5) is 5.69 Å². The largest absolute Gasteiger partial charge is 0.495 e. The minimum Gasteiger partial charge on any atom is -0.495 e. The third-order valence-corrected chi connectivity index (χ3v) is 5.00. The summed E-state index contributed by atoms with van der Waals surface area (Å²) in [4.78, 5) is 5.12. The van der Waals surface area contributed by atoms with Crippen LogP contribution in [0, 0.1) is 5.92 Å². The van der Waals surface area contributed by atoms with Gasteiger partial charge in [-0.25, -0.2) is 0 Å². The van der Waals surface area contributed by atoms with Gasteiger partial charge < -0.3 is 15.0 Å². The molecule has 0 aliphatic carbocycles. The van der Waals surface area contributed by atoms with Crippen molar-refractivity contribution in [1.82, 2.24) is 10.2 Å². The summed E-state index contributed by atoms with van der Waals surface area (Å²) in [5, 5.41) is 3.55. The quantitative estimate of drug-likeness (QED) is 0.918. The zero-order valence-corrected chi connectivity index (χ0v) is 13.2. The predicted molar refractivity (Wildman–Crippen MR) is 87.2 cm³/mol. The zero-order chi connectivity index (χ0) is 14.7. The molecule has 1 aromatic carbocycles. The number of piperidine rings is 1. The van der Waals surface area contributed by atoms with Crippen LogP contribution < -0.4 is 15.0 Å². The third kappa shape index (κ3) is 3.16. The van der Waals surface area contributed by atoms with Crippen LogP contribution in [0.1, 0.15) is 13.3 Å². The topological polar surface area (TPSA) is 27.7 Å². The van der Waals surface area contributed by atoms with E-state index in [0.29, 0.717) is 6.04 Å². The van der Waals surface area contributed by atoms with E-state index in [-0.39, 0.29) is 0 Å². The number of nitrogens with one attached hydrogen (secondary N) is 1. The molecule has 0 saturated carbocycles. The molecule has 21 heavy (non-hydrogen) atoms. The number of hydrogen-bond acceptors (Lipinski definition) is 4. The van der Waals surface area contributed by atoms with Crippen LogP contribution in [0.3, 0.4) is 0 Å². The number of methoxy groups -OCH3 is 1. The van der Waals surface area contributed by atoms with E-state index in [9.17, 15) is 0 Å². The standard InChI is InChI=1S/C17H27N3O/c1-14-7-8-18-13-16(14)20-11-9-19(10-12-20)15-5-3-4-6-17(15)21-2/h3-6,14,16,18H,7-13H2,1-2H3. The molecule has 1 N–H and O–H groups in total. The molecular weight excluding hydrogens is 262 g/mol. The van der Waals surface area contributed by atoms with Gasteiger partial charge in [0, 0.05) is 38.8 Å². The lowest BCUT2D eigenvalue weighted by Crippen LogP contribution is -2.57. The van der Waals surface area contributed by atoms with Crippen LogP contribution in [-0.4, -0.2) is 57.3 Å². The van der Waals surface area contributed by atoms with Gasteiger partial charge in [-0.15, -0.1) is 0 Å². The van der Waals surface area contributed by atoms with Gasteiger partial charge in [0.05, 0.1) is 12.8 Å². The van der Waals surface area contributed by atoms with Crippen molar-refractivity contribution in [2.24, 2.45) is 5.92 Å². The summed E-state index contributed by atoms with van der Waals surface area (Å²) < 4.78 is 5.49. The maximum Gasteiger partial charge on any atom is 0.142 e. The van der Waals surface area contributed by atoms with E-state index in [0.717, 1.165) is 44.4 Å². The molecule has 4 nitrogen and oxygen atoms in total. The normalized spacial score (nSPS) is 27.6. The molecule has 116 valence electrons. The van der Waals surface area contributed by atoms with Gasteiger partial charge in [0.25, 0.3) is 0 Å². The molecule has 2 aliphatic heterocycles. The smallest absolute Gasteiger partial charge is 0.142 e. The molecule has 0 spiro atoms. The molecule has 0 aromatic heterocycles. The van der Waals surface area contributed by atoms with Gasteiger partial charge in [0.2, 0.25) is 0 Å². The van der Waals surface area contributed by atoms with Crippen molar-refractivity contribution in [2.75, 3.05) is 51.3 Å². The monoisotopic (exact) mass is 289 g/mol. The number of para-hydroxylation sites is 2. The van der Waals surface area contributed by atoms with Crippen molar-refractivity contribution < 1.29 is 4.74 Å². The van der Waals surface area contributed by atoms with Gasteiger partial charge in [-0.3, -0.25) is 4.90 Å². The zero-order valence-electron chi connectivity index (χ0n) is 13.2. The second-order valence-electron chi connectivity index (χ2n) is 6.23. The highest BCUT2D eigenvalue weighted by Crippen LogP contribution is 2.29. The summed E-state index contributed by atoms with van der Waals surface area (Å²) in [6, 6.07) is 9.05. The number of anilines is 1. The highest BCUT2D eigenvalue weighted by Gasteiger charge is 2.29. The van der Waals surface area contributed by atoms with Crippen LogP contribution in [0.2, 0.25) is 0 Å². The van der Waals surface area contributed by atoms with E-state index in [1.807, 2.05) is 6.07 Å². The van der Waals surface area contributed by atoms with E-state index < -0.39 is 0 Å². The van der Waals surface area contributed by atoms with E-state index in [2.05, 4.69) is 40.2 Å². The van der Waals surface area contributed by atoms with E-state index >= 15 is 0 Å². The maximum absolute atomic E-state index is 5.49. The fourth-order valence-corrected chi connectivity index (χ4v) is 3.65. The molecule has 2 aliphatic rings. The first-order valence-corrected chi connectivity index (χ1v) is 8.12. The van der Waals surface area contributed by atoms with Crippen LogP contribution in [0.15, 0.2) is 24.3 Å². The molecule has 2 unspecified atom stereocenters. The van der Waals surface area contributed by atoms with Crippen molar-refractivity contribution in [3.8, 4) is 5.75 Å². The first-order chi connectivity index (χ1) is 10.3. The minimum absolute atomic E-state index is 0.707. The number of ether oxygens (including phenoxy) is 1. The average molecular weight is 289 g/mol. The lowest BCUT2D eigenvalue weighted by molar-refractivity contribution is 0.116. The third-order valence-electron chi connectivity index (χ3n) is 5.00. The first-order valence-electron chi connectivity index (χ1n) is 8.12. The Hall–Kier alpha value is -1.26. The lowest BCUT2D eigenvalue weighted by Gasteiger charge is -2.44. The van der Waals surface area contributed by atoms with Crippen molar-refractivity contribution >= 4 is 5.69 Å². The lowest BCUT2D eigenvalue weighted by atomic mass is 9.93. The molecule has 1 aromatic rings. The number of nitrogens with zero attached hydrogens (tertiary/aromatic N) is 2. The Morgan fingerprint density at radius 1 is 1.14 bits per heavy atom.